The largest absolute Gasteiger partial charge is 0.480 e. The van der Waals surface area contributed by atoms with E-state index in [1.54, 1.807) is 0 Å². The molecule has 4 nitrogen and oxygen atoms in total. The quantitative estimate of drug-likeness (QED) is 0.482. The standard InChI is InChI=1S/C19H30O4/c1-17(2,3)11-19(15(20)21,18(4,5)6)16(22)23-14-10-12-7-8-13(14)9-12/h7-8,12-14H,9-11H2,1-6H3,(H,20,21). The summed E-state index contributed by atoms with van der Waals surface area (Å²) in [5.41, 5.74) is -2.55. The number of fused-ring (bicyclic) bond motifs is 2. The van der Waals surface area contributed by atoms with Crippen LogP contribution in [0.2, 0.25) is 0 Å². The summed E-state index contributed by atoms with van der Waals surface area (Å²) >= 11 is 0. The molecule has 1 fully saturated rings. The number of hydrogen-bond donors (Lipinski definition) is 1. The van der Waals surface area contributed by atoms with Gasteiger partial charge >= 0.3 is 11.9 Å². The van der Waals surface area contributed by atoms with Crippen molar-refractivity contribution in [3.8, 4) is 0 Å². The van der Waals surface area contributed by atoms with Gasteiger partial charge in [-0.25, -0.2) is 0 Å². The van der Waals surface area contributed by atoms with E-state index in [0.29, 0.717) is 5.92 Å². The van der Waals surface area contributed by atoms with Crippen LogP contribution in [-0.4, -0.2) is 23.1 Å². The van der Waals surface area contributed by atoms with Gasteiger partial charge in [0, 0.05) is 5.92 Å². The highest BCUT2D eigenvalue weighted by Gasteiger charge is 2.59. The summed E-state index contributed by atoms with van der Waals surface area (Å²) in [7, 11) is 0. The molecular weight excluding hydrogens is 292 g/mol. The highest BCUT2D eigenvalue weighted by Crippen LogP contribution is 2.49. The summed E-state index contributed by atoms with van der Waals surface area (Å²) in [6.45, 7) is 11.3. The lowest BCUT2D eigenvalue weighted by Crippen LogP contribution is -2.53. The number of aliphatic carboxylic acids is 1. The van der Waals surface area contributed by atoms with Crippen molar-refractivity contribution in [2.75, 3.05) is 0 Å². The van der Waals surface area contributed by atoms with Gasteiger partial charge in [0.25, 0.3) is 0 Å². The van der Waals surface area contributed by atoms with E-state index in [9.17, 15) is 14.7 Å². The third-order valence-corrected chi connectivity index (χ3v) is 5.27. The molecule has 2 rings (SSSR count). The third-order valence-electron chi connectivity index (χ3n) is 5.27. The SMILES string of the molecule is CC(C)(C)CC(C(=O)O)(C(=O)OC1CC2C=CC1C2)C(C)(C)C. The average molecular weight is 322 g/mol. The molecule has 0 spiro atoms. The minimum Gasteiger partial charge on any atom is -0.480 e. The normalized spacial score (nSPS) is 29.4. The van der Waals surface area contributed by atoms with Gasteiger partial charge in [-0.05, 0) is 36.0 Å². The van der Waals surface area contributed by atoms with Crippen molar-refractivity contribution < 1.29 is 19.4 Å². The Morgan fingerprint density at radius 1 is 1.09 bits per heavy atom. The fourth-order valence-electron chi connectivity index (χ4n) is 4.03. The lowest BCUT2D eigenvalue weighted by molar-refractivity contribution is -0.186. The number of hydrogen-bond acceptors (Lipinski definition) is 3. The van der Waals surface area contributed by atoms with E-state index >= 15 is 0 Å². The Kier molecular flexibility index (Phi) is 4.42. The Morgan fingerprint density at radius 3 is 2.04 bits per heavy atom. The van der Waals surface area contributed by atoms with Crippen LogP contribution in [0.1, 0.15) is 60.8 Å². The molecule has 0 heterocycles. The third kappa shape index (κ3) is 3.31. The zero-order valence-corrected chi connectivity index (χ0v) is 15.2. The number of allylic oxidation sites excluding steroid dienone is 1. The molecule has 2 aliphatic carbocycles. The highest BCUT2D eigenvalue weighted by molar-refractivity contribution is 6.00. The number of esters is 1. The molecule has 2 aliphatic rings. The second-order valence-electron chi connectivity index (χ2n) is 9.42. The van der Waals surface area contributed by atoms with Crippen molar-refractivity contribution in [3.05, 3.63) is 12.2 Å². The van der Waals surface area contributed by atoms with E-state index in [4.69, 9.17) is 4.74 Å². The van der Waals surface area contributed by atoms with Crippen molar-refractivity contribution in [3.63, 3.8) is 0 Å². The highest BCUT2D eigenvalue weighted by atomic mass is 16.5. The van der Waals surface area contributed by atoms with Crippen LogP contribution in [0.25, 0.3) is 0 Å². The van der Waals surface area contributed by atoms with E-state index in [0.717, 1.165) is 12.8 Å². The number of carboxylic acid groups (broad SMARTS) is 1. The van der Waals surface area contributed by atoms with Gasteiger partial charge in [0.1, 0.15) is 6.10 Å². The van der Waals surface area contributed by atoms with Gasteiger partial charge in [0.05, 0.1) is 0 Å². The van der Waals surface area contributed by atoms with E-state index < -0.39 is 22.8 Å². The van der Waals surface area contributed by atoms with Gasteiger partial charge in [0.15, 0.2) is 5.41 Å². The number of carboxylic acids is 1. The first-order valence-electron chi connectivity index (χ1n) is 8.50. The predicted molar refractivity (Wildman–Crippen MR) is 88.8 cm³/mol. The maximum absolute atomic E-state index is 13.0. The first-order chi connectivity index (χ1) is 10.4. The molecule has 23 heavy (non-hydrogen) atoms. The van der Waals surface area contributed by atoms with E-state index in [2.05, 4.69) is 12.2 Å². The summed E-state index contributed by atoms with van der Waals surface area (Å²) in [5, 5.41) is 9.98. The van der Waals surface area contributed by atoms with Crippen molar-refractivity contribution in [1.29, 1.82) is 0 Å². The molecule has 0 aromatic carbocycles. The zero-order chi connectivity index (χ0) is 17.6. The first-order valence-corrected chi connectivity index (χ1v) is 8.50. The number of rotatable bonds is 4. The lowest BCUT2D eigenvalue weighted by atomic mass is 9.60. The Morgan fingerprint density at radius 2 is 1.70 bits per heavy atom. The fraction of sp³-hybridized carbons (Fsp3) is 0.789. The molecule has 0 aromatic heterocycles. The van der Waals surface area contributed by atoms with Crippen LogP contribution in [0.15, 0.2) is 12.2 Å². The predicted octanol–water partition coefficient (Wildman–Crippen LogP) is 4.05. The topological polar surface area (TPSA) is 63.6 Å². The van der Waals surface area contributed by atoms with Crippen molar-refractivity contribution in [2.24, 2.45) is 28.1 Å². The number of carbonyl (C=O) groups excluding carboxylic acids is 1. The smallest absolute Gasteiger partial charge is 0.324 e. The number of carbonyl (C=O) groups is 2. The molecule has 4 unspecified atom stereocenters. The van der Waals surface area contributed by atoms with E-state index in [-0.39, 0.29) is 23.9 Å². The van der Waals surface area contributed by atoms with Crippen LogP contribution in [0.5, 0.6) is 0 Å². The molecule has 0 saturated heterocycles. The first kappa shape index (κ1) is 18.0. The molecule has 2 bridgehead atoms. The Balaban J connectivity index is 2.30. The van der Waals surface area contributed by atoms with Gasteiger partial charge in [-0.15, -0.1) is 0 Å². The van der Waals surface area contributed by atoms with Gasteiger partial charge in [-0.1, -0.05) is 53.7 Å². The molecule has 0 radical (unpaired) electrons. The van der Waals surface area contributed by atoms with Gasteiger partial charge in [-0.3, -0.25) is 9.59 Å². The Hall–Kier alpha value is -1.32. The van der Waals surface area contributed by atoms with E-state index in [1.807, 2.05) is 41.5 Å². The molecular formula is C19H30O4. The van der Waals surface area contributed by atoms with Crippen molar-refractivity contribution in [2.45, 2.75) is 66.9 Å². The van der Waals surface area contributed by atoms with Crippen LogP contribution >= 0.6 is 0 Å². The number of ether oxygens (including phenoxy) is 1. The van der Waals surface area contributed by atoms with Crippen LogP contribution in [-0.2, 0) is 14.3 Å². The summed E-state index contributed by atoms with van der Waals surface area (Å²) in [5.74, 6) is -0.915. The maximum Gasteiger partial charge on any atom is 0.324 e. The molecule has 0 aliphatic heterocycles. The van der Waals surface area contributed by atoms with Crippen LogP contribution < -0.4 is 0 Å². The molecule has 1 N–H and O–H groups in total. The molecule has 130 valence electrons. The molecule has 0 aromatic rings. The summed E-state index contributed by atoms with van der Waals surface area (Å²) in [6, 6.07) is 0. The maximum atomic E-state index is 13.0. The van der Waals surface area contributed by atoms with Gasteiger partial charge < -0.3 is 9.84 Å². The monoisotopic (exact) mass is 322 g/mol. The summed E-state index contributed by atoms with van der Waals surface area (Å²) in [4.78, 5) is 25.2. The van der Waals surface area contributed by atoms with Crippen molar-refractivity contribution in [1.82, 2.24) is 0 Å². The average Bonchev–Trinajstić information content (AvgIpc) is 2.94. The summed E-state index contributed by atoms with van der Waals surface area (Å²) < 4.78 is 5.77. The summed E-state index contributed by atoms with van der Waals surface area (Å²) in [6.07, 6.45) is 6.22. The zero-order valence-electron chi connectivity index (χ0n) is 15.2. The lowest BCUT2D eigenvalue weighted by Gasteiger charge is -2.43. The van der Waals surface area contributed by atoms with Crippen LogP contribution in [0.4, 0.5) is 0 Å². The van der Waals surface area contributed by atoms with Crippen LogP contribution in [0, 0.1) is 28.1 Å². The molecule has 1 saturated carbocycles. The van der Waals surface area contributed by atoms with Gasteiger partial charge in [0.2, 0.25) is 0 Å². The minimum atomic E-state index is -1.53. The van der Waals surface area contributed by atoms with Gasteiger partial charge in [-0.2, -0.15) is 0 Å². The molecule has 0 amide bonds. The fourth-order valence-corrected chi connectivity index (χ4v) is 4.03. The molecule has 4 atom stereocenters. The van der Waals surface area contributed by atoms with E-state index in [1.165, 1.54) is 0 Å². The Bertz CT molecular complexity index is 520. The Labute approximate surface area is 139 Å². The second-order valence-corrected chi connectivity index (χ2v) is 9.42. The second kappa shape index (κ2) is 5.64. The minimum absolute atomic E-state index is 0.168. The van der Waals surface area contributed by atoms with Crippen molar-refractivity contribution >= 4 is 11.9 Å². The van der Waals surface area contributed by atoms with Crippen LogP contribution in [0.3, 0.4) is 0 Å². The molecule has 4 heteroatoms.